The van der Waals surface area contributed by atoms with Gasteiger partial charge in [0.25, 0.3) is 0 Å². The van der Waals surface area contributed by atoms with Crippen LogP contribution in [0.1, 0.15) is 17.9 Å². The lowest BCUT2D eigenvalue weighted by atomic mass is 10.1. The van der Waals surface area contributed by atoms with Crippen molar-refractivity contribution in [3.05, 3.63) is 34.2 Å². The number of aryl methyl sites for hydroxylation is 2. The van der Waals surface area contributed by atoms with Crippen LogP contribution in [0.15, 0.2) is 22.7 Å². The predicted molar refractivity (Wildman–Crippen MR) is 111 cm³/mol. The first-order valence-corrected chi connectivity index (χ1v) is 10.5. The van der Waals surface area contributed by atoms with E-state index in [4.69, 9.17) is 0 Å². The number of benzene rings is 1. The minimum Gasteiger partial charge on any atom is -0.331 e. The van der Waals surface area contributed by atoms with E-state index in [9.17, 15) is 13.2 Å². The standard InChI is InChI=1S/C20H23BrF3N5/c1-27-8-10-29(11-9-27)7-3-4-16-26-17-18(28(16)2)14-6-5-13(21)12-15(14)25-19(17)20(22,23)24/h5-6,12H,3-4,7-11H2,1-2H3. The number of hydrogen-bond acceptors (Lipinski definition) is 4. The molecular formula is C20H23BrF3N5. The lowest BCUT2D eigenvalue weighted by Crippen LogP contribution is -2.44. The molecule has 0 amide bonds. The zero-order valence-corrected chi connectivity index (χ0v) is 18.0. The smallest absolute Gasteiger partial charge is 0.331 e. The molecule has 156 valence electrons. The molecule has 3 heterocycles. The number of hydrogen-bond donors (Lipinski definition) is 0. The molecule has 2 aromatic heterocycles. The van der Waals surface area contributed by atoms with Crippen molar-refractivity contribution >= 4 is 37.9 Å². The summed E-state index contributed by atoms with van der Waals surface area (Å²) in [5, 5.41) is 0.677. The summed E-state index contributed by atoms with van der Waals surface area (Å²) in [6.07, 6.45) is -3.06. The van der Waals surface area contributed by atoms with Crippen molar-refractivity contribution in [1.82, 2.24) is 24.3 Å². The molecule has 0 atom stereocenters. The number of piperazine rings is 1. The van der Waals surface area contributed by atoms with Crippen LogP contribution in [-0.2, 0) is 19.6 Å². The zero-order chi connectivity index (χ0) is 20.8. The van der Waals surface area contributed by atoms with Gasteiger partial charge in [0.15, 0.2) is 5.69 Å². The highest BCUT2D eigenvalue weighted by Crippen LogP contribution is 2.37. The van der Waals surface area contributed by atoms with Crippen molar-refractivity contribution in [2.24, 2.45) is 7.05 Å². The first kappa shape index (κ1) is 20.6. The van der Waals surface area contributed by atoms with Crippen molar-refractivity contribution in [3.63, 3.8) is 0 Å². The Balaban J connectivity index is 1.67. The van der Waals surface area contributed by atoms with E-state index in [1.165, 1.54) is 0 Å². The molecule has 4 rings (SSSR count). The number of halogens is 4. The third-order valence-corrected chi connectivity index (χ3v) is 6.09. The number of nitrogens with zero attached hydrogens (tertiary/aromatic N) is 5. The lowest BCUT2D eigenvalue weighted by Gasteiger charge is -2.32. The van der Waals surface area contributed by atoms with Gasteiger partial charge in [-0.05, 0) is 38.2 Å². The van der Waals surface area contributed by atoms with Gasteiger partial charge in [0.05, 0.1) is 11.0 Å². The third kappa shape index (κ3) is 4.13. The maximum atomic E-state index is 13.7. The lowest BCUT2D eigenvalue weighted by molar-refractivity contribution is -0.139. The molecule has 1 saturated heterocycles. The Hall–Kier alpha value is -1.71. The summed E-state index contributed by atoms with van der Waals surface area (Å²) in [6, 6.07) is 5.23. The normalized spacial score (nSPS) is 16.9. The summed E-state index contributed by atoms with van der Waals surface area (Å²) in [6.45, 7) is 5.08. The van der Waals surface area contributed by atoms with E-state index in [1.54, 1.807) is 23.7 Å². The first-order chi connectivity index (χ1) is 13.7. The molecule has 5 nitrogen and oxygen atoms in total. The number of alkyl halides is 3. The Morgan fingerprint density at radius 3 is 2.48 bits per heavy atom. The van der Waals surface area contributed by atoms with Crippen LogP contribution in [-0.4, -0.2) is 64.1 Å². The fraction of sp³-hybridized carbons (Fsp3) is 0.500. The molecule has 0 unspecified atom stereocenters. The molecule has 0 bridgehead atoms. The van der Waals surface area contributed by atoms with Crippen LogP contribution >= 0.6 is 15.9 Å². The molecule has 1 aliphatic heterocycles. The number of fused-ring (bicyclic) bond motifs is 3. The van der Waals surface area contributed by atoms with E-state index in [-0.39, 0.29) is 5.52 Å². The number of rotatable bonds is 4. The maximum Gasteiger partial charge on any atom is 0.435 e. The van der Waals surface area contributed by atoms with E-state index in [1.807, 2.05) is 6.07 Å². The van der Waals surface area contributed by atoms with E-state index < -0.39 is 11.9 Å². The Morgan fingerprint density at radius 2 is 1.79 bits per heavy atom. The molecule has 1 aliphatic rings. The minimum atomic E-state index is -4.56. The van der Waals surface area contributed by atoms with Gasteiger partial charge < -0.3 is 14.4 Å². The second kappa shape index (κ2) is 7.85. The molecule has 0 radical (unpaired) electrons. The largest absolute Gasteiger partial charge is 0.435 e. The molecule has 0 N–H and O–H groups in total. The van der Waals surface area contributed by atoms with Crippen LogP contribution in [0.5, 0.6) is 0 Å². The van der Waals surface area contributed by atoms with Crippen LogP contribution in [0.25, 0.3) is 21.9 Å². The Morgan fingerprint density at radius 1 is 1.07 bits per heavy atom. The van der Waals surface area contributed by atoms with Gasteiger partial charge in [0.1, 0.15) is 11.3 Å². The van der Waals surface area contributed by atoms with Gasteiger partial charge in [-0.25, -0.2) is 9.97 Å². The molecule has 0 spiro atoms. The number of pyridine rings is 1. The van der Waals surface area contributed by atoms with E-state index in [0.29, 0.717) is 33.1 Å². The summed E-state index contributed by atoms with van der Waals surface area (Å²) < 4.78 is 43.5. The fourth-order valence-electron chi connectivity index (χ4n) is 3.94. The summed E-state index contributed by atoms with van der Waals surface area (Å²) >= 11 is 3.32. The predicted octanol–water partition coefficient (Wildman–Crippen LogP) is 4.08. The quantitative estimate of drug-likeness (QED) is 0.576. The van der Waals surface area contributed by atoms with Gasteiger partial charge in [0, 0.05) is 49.5 Å². The highest BCUT2D eigenvalue weighted by atomic mass is 79.9. The average Bonchev–Trinajstić information content (AvgIpc) is 2.98. The Bertz CT molecular complexity index is 1040. The van der Waals surface area contributed by atoms with Gasteiger partial charge in [-0.1, -0.05) is 15.9 Å². The SMILES string of the molecule is CN1CCN(CCCc2nc3c(C(F)(F)F)nc4cc(Br)ccc4c3n2C)CC1. The van der Waals surface area contributed by atoms with Crippen LogP contribution in [0, 0.1) is 0 Å². The van der Waals surface area contributed by atoms with Gasteiger partial charge in [-0.3, -0.25) is 0 Å². The highest BCUT2D eigenvalue weighted by Gasteiger charge is 2.37. The third-order valence-electron chi connectivity index (χ3n) is 5.60. The maximum absolute atomic E-state index is 13.7. The van der Waals surface area contributed by atoms with Crippen molar-refractivity contribution in [3.8, 4) is 0 Å². The van der Waals surface area contributed by atoms with Crippen molar-refractivity contribution < 1.29 is 13.2 Å². The molecular weight excluding hydrogens is 447 g/mol. The summed E-state index contributed by atoms with van der Waals surface area (Å²) in [5.74, 6) is 0.664. The van der Waals surface area contributed by atoms with Gasteiger partial charge in [-0.2, -0.15) is 13.2 Å². The van der Waals surface area contributed by atoms with Gasteiger partial charge in [0.2, 0.25) is 0 Å². The van der Waals surface area contributed by atoms with E-state index in [2.05, 4.69) is 42.7 Å². The Kier molecular flexibility index (Phi) is 5.56. The number of likely N-dealkylation sites (N-methyl/N-ethyl adjacent to an activating group) is 1. The van der Waals surface area contributed by atoms with Gasteiger partial charge >= 0.3 is 6.18 Å². The number of imidazole rings is 1. The summed E-state index contributed by atoms with van der Waals surface area (Å²) in [5.41, 5.74) is -0.181. The van der Waals surface area contributed by atoms with Crippen LogP contribution in [0.4, 0.5) is 13.2 Å². The summed E-state index contributed by atoms with van der Waals surface area (Å²) in [7, 11) is 3.91. The van der Waals surface area contributed by atoms with E-state index in [0.717, 1.165) is 39.1 Å². The topological polar surface area (TPSA) is 37.2 Å². The first-order valence-electron chi connectivity index (χ1n) is 9.66. The molecule has 0 saturated carbocycles. The summed E-state index contributed by atoms with van der Waals surface area (Å²) in [4.78, 5) is 13.0. The Labute approximate surface area is 175 Å². The second-order valence-electron chi connectivity index (χ2n) is 7.65. The number of aromatic nitrogens is 3. The minimum absolute atomic E-state index is 0.0654. The van der Waals surface area contributed by atoms with E-state index >= 15 is 0 Å². The van der Waals surface area contributed by atoms with Crippen LogP contribution < -0.4 is 0 Å². The highest BCUT2D eigenvalue weighted by molar-refractivity contribution is 9.10. The molecule has 1 aromatic carbocycles. The zero-order valence-electron chi connectivity index (χ0n) is 16.4. The van der Waals surface area contributed by atoms with Crippen molar-refractivity contribution in [2.45, 2.75) is 19.0 Å². The molecule has 3 aromatic rings. The molecule has 1 fully saturated rings. The fourth-order valence-corrected chi connectivity index (χ4v) is 4.29. The van der Waals surface area contributed by atoms with Crippen LogP contribution in [0.2, 0.25) is 0 Å². The molecule has 9 heteroatoms. The van der Waals surface area contributed by atoms with Crippen molar-refractivity contribution in [1.29, 1.82) is 0 Å². The molecule has 29 heavy (non-hydrogen) atoms. The molecule has 0 aliphatic carbocycles. The average molecular weight is 470 g/mol. The van der Waals surface area contributed by atoms with Gasteiger partial charge in [-0.15, -0.1) is 0 Å². The monoisotopic (exact) mass is 469 g/mol. The second-order valence-corrected chi connectivity index (χ2v) is 8.57. The van der Waals surface area contributed by atoms with Crippen LogP contribution in [0.3, 0.4) is 0 Å². The van der Waals surface area contributed by atoms with Crippen molar-refractivity contribution in [2.75, 3.05) is 39.8 Å².